The third-order valence-electron chi connectivity index (χ3n) is 2.57. The summed E-state index contributed by atoms with van der Waals surface area (Å²) >= 11 is 3.06. The number of thioether (sulfide) groups is 2. The van der Waals surface area contributed by atoms with E-state index in [1.165, 1.54) is 11.8 Å². The molecule has 1 aromatic carbocycles. The Morgan fingerprint density at radius 3 is 2.60 bits per heavy atom. The Labute approximate surface area is 126 Å². The molecule has 0 heterocycles. The summed E-state index contributed by atoms with van der Waals surface area (Å²) in [5.74, 6) is -0.342. The zero-order valence-electron chi connectivity index (χ0n) is 11.4. The van der Waals surface area contributed by atoms with Crippen LogP contribution in [0.1, 0.15) is 6.42 Å². The van der Waals surface area contributed by atoms with E-state index in [1.54, 1.807) is 17.8 Å². The van der Waals surface area contributed by atoms with Gasteiger partial charge in [-0.05, 0) is 36.8 Å². The van der Waals surface area contributed by atoms with Crippen LogP contribution in [0, 0.1) is 0 Å². The summed E-state index contributed by atoms with van der Waals surface area (Å²) in [7, 11) is 0. The van der Waals surface area contributed by atoms with Gasteiger partial charge in [-0.3, -0.25) is 0 Å². The van der Waals surface area contributed by atoms with Gasteiger partial charge >= 0.3 is 12.0 Å². The van der Waals surface area contributed by atoms with Crippen molar-refractivity contribution in [2.75, 3.05) is 23.6 Å². The molecule has 5 nitrogen and oxygen atoms in total. The smallest absolute Gasteiger partial charge is 0.326 e. The van der Waals surface area contributed by atoms with Crippen LogP contribution in [-0.2, 0) is 4.79 Å². The molecular formula is C13H18N2O3S2. The Morgan fingerprint density at radius 1 is 1.30 bits per heavy atom. The first-order valence-corrected chi connectivity index (χ1v) is 8.62. The van der Waals surface area contributed by atoms with Crippen LogP contribution in [0.25, 0.3) is 0 Å². The van der Waals surface area contributed by atoms with E-state index in [-0.39, 0.29) is 0 Å². The number of rotatable bonds is 7. The number of benzene rings is 1. The normalized spacial score (nSPS) is 11.7. The molecule has 1 aromatic rings. The number of anilines is 1. The fourth-order valence-electron chi connectivity index (χ4n) is 1.56. The fraction of sp³-hybridized carbons (Fsp3) is 0.385. The third-order valence-corrected chi connectivity index (χ3v) is 4.01. The molecule has 3 N–H and O–H groups in total. The fourth-order valence-corrected chi connectivity index (χ4v) is 2.58. The third kappa shape index (κ3) is 5.34. The monoisotopic (exact) mass is 314 g/mol. The van der Waals surface area contributed by atoms with Crippen LogP contribution >= 0.6 is 23.5 Å². The van der Waals surface area contributed by atoms with Gasteiger partial charge in [0.15, 0.2) is 0 Å². The summed E-state index contributed by atoms with van der Waals surface area (Å²) < 4.78 is 0. The minimum atomic E-state index is -1.02. The van der Waals surface area contributed by atoms with Gasteiger partial charge in [0.05, 0.1) is 5.69 Å². The van der Waals surface area contributed by atoms with Crippen molar-refractivity contribution in [2.45, 2.75) is 17.4 Å². The minimum Gasteiger partial charge on any atom is -0.480 e. The summed E-state index contributed by atoms with van der Waals surface area (Å²) in [4.78, 5) is 23.8. The number of hydrogen-bond acceptors (Lipinski definition) is 4. The molecule has 0 saturated heterocycles. The highest BCUT2D eigenvalue weighted by Crippen LogP contribution is 2.24. The standard InChI is InChI=1S/C13H18N2O3S2/c1-19-8-7-10(12(16)17)15-13(18)14-9-5-3-4-6-11(9)20-2/h3-6,10H,7-8H2,1-2H3,(H,16,17)(H2,14,15,18)/t10-/m0/s1. The summed E-state index contributed by atoms with van der Waals surface area (Å²) in [6, 6.07) is 6.00. The molecule has 1 atom stereocenters. The van der Waals surface area contributed by atoms with E-state index in [0.29, 0.717) is 17.9 Å². The van der Waals surface area contributed by atoms with E-state index >= 15 is 0 Å². The Balaban J connectivity index is 2.63. The van der Waals surface area contributed by atoms with Gasteiger partial charge in [-0.1, -0.05) is 12.1 Å². The summed E-state index contributed by atoms with van der Waals surface area (Å²) in [6.07, 6.45) is 4.21. The SMILES string of the molecule is CSCC[C@H](NC(=O)Nc1ccccc1SC)C(=O)O. The lowest BCUT2D eigenvalue weighted by Gasteiger charge is -2.15. The van der Waals surface area contributed by atoms with Gasteiger partial charge in [0.1, 0.15) is 6.04 Å². The van der Waals surface area contributed by atoms with Gasteiger partial charge < -0.3 is 15.7 Å². The van der Waals surface area contributed by atoms with E-state index in [0.717, 1.165) is 4.90 Å². The number of nitrogens with one attached hydrogen (secondary N) is 2. The van der Waals surface area contributed by atoms with Crippen LogP contribution in [-0.4, -0.2) is 41.4 Å². The Hall–Kier alpha value is -1.34. The van der Waals surface area contributed by atoms with E-state index < -0.39 is 18.0 Å². The number of aliphatic carboxylic acids is 1. The first kappa shape index (κ1) is 16.7. The largest absolute Gasteiger partial charge is 0.480 e. The number of para-hydroxylation sites is 1. The number of amides is 2. The first-order chi connectivity index (χ1) is 9.58. The molecular weight excluding hydrogens is 296 g/mol. The molecule has 2 amide bonds. The molecule has 0 bridgehead atoms. The van der Waals surface area contributed by atoms with E-state index in [1.807, 2.05) is 30.7 Å². The second-order valence-electron chi connectivity index (χ2n) is 3.97. The van der Waals surface area contributed by atoms with Crippen LogP contribution in [0.2, 0.25) is 0 Å². The molecule has 0 spiro atoms. The van der Waals surface area contributed by atoms with Crippen molar-refractivity contribution in [1.82, 2.24) is 5.32 Å². The van der Waals surface area contributed by atoms with Gasteiger partial charge in [0.2, 0.25) is 0 Å². The summed E-state index contributed by atoms with van der Waals surface area (Å²) in [5.41, 5.74) is 0.673. The molecule has 1 rings (SSSR count). The first-order valence-electron chi connectivity index (χ1n) is 6.00. The molecule has 0 aromatic heterocycles. The van der Waals surface area contributed by atoms with Crippen molar-refractivity contribution >= 4 is 41.2 Å². The molecule has 0 aliphatic rings. The average Bonchev–Trinajstić information content (AvgIpc) is 2.43. The molecule has 0 radical (unpaired) electrons. The highest BCUT2D eigenvalue weighted by Gasteiger charge is 2.19. The molecule has 0 unspecified atom stereocenters. The van der Waals surface area contributed by atoms with Crippen molar-refractivity contribution in [3.63, 3.8) is 0 Å². The molecule has 0 saturated carbocycles. The Morgan fingerprint density at radius 2 is 2.00 bits per heavy atom. The predicted molar refractivity (Wildman–Crippen MR) is 84.8 cm³/mol. The maximum atomic E-state index is 11.9. The minimum absolute atomic E-state index is 0.397. The Kier molecular flexibility index (Phi) is 7.32. The zero-order valence-corrected chi connectivity index (χ0v) is 13.0. The van der Waals surface area contributed by atoms with Crippen molar-refractivity contribution in [2.24, 2.45) is 0 Å². The summed E-state index contributed by atoms with van der Waals surface area (Å²) in [5, 5.41) is 14.2. The Bertz CT molecular complexity index is 469. The predicted octanol–water partition coefficient (Wildman–Crippen LogP) is 2.74. The van der Waals surface area contributed by atoms with E-state index in [4.69, 9.17) is 5.11 Å². The highest BCUT2D eigenvalue weighted by atomic mass is 32.2. The number of hydrogen-bond donors (Lipinski definition) is 3. The van der Waals surface area contributed by atoms with Crippen LogP contribution in [0.4, 0.5) is 10.5 Å². The molecule has 20 heavy (non-hydrogen) atoms. The lowest BCUT2D eigenvalue weighted by molar-refractivity contribution is -0.139. The number of urea groups is 1. The van der Waals surface area contributed by atoms with E-state index in [9.17, 15) is 9.59 Å². The lowest BCUT2D eigenvalue weighted by Crippen LogP contribution is -2.43. The zero-order chi connectivity index (χ0) is 15.0. The second-order valence-corrected chi connectivity index (χ2v) is 5.80. The van der Waals surface area contributed by atoms with Crippen LogP contribution < -0.4 is 10.6 Å². The molecule has 7 heteroatoms. The van der Waals surface area contributed by atoms with Crippen molar-refractivity contribution in [3.8, 4) is 0 Å². The van der Waals surface area contributed by atoms with Crippen LogP contribution in [0.5, 0.6) is 0 Å². The van der Waals surface area contributed by atoms with Crippen LogP contribution in [0.15, 0.2) is 29.2 Å². The molecule has 0 aliphatic carbocycles. The lowest BCUT2D eigenvalue weighted by atomic mass is 10.2. The van der Waals surface area contributed by atoms with Gasteiger partial charge in [-0.2, -0.15) is 11.8 Å². The number of carboxylic acids is 1. The quantitative estimate of drug-likeness (QED) is 0.675. The topological polar surface area (TPSA) is 78.4 Å². The van der Waals surface area contributed by atoms with Gasteiger partial charge in [-0.15, -0.1) is 11.8 Å². The average molecular weight is 314 g/mol. The maximum Gasteiger partial charge on any atom is 0.326 e. The van der Waals surface area contributed by atoms with Gasteiger partial charge in [0, 0.05) is 4.90 Å². The number of carboxylic acid groups (broad SMARTS) is 1. The highest BCUT2D eigenvalue weighted by molar-refractivity contribution is 7.98. The number of carbonyl (C=O) groups excluding carboxylic acids is 1. The van der Waals surface area contributed by atoms with Crippen molar-refractivity contribution in [3.05, 3.63) is 24.3 Å². The van der Waals surface area contributed by atoms with Crippen molar-refractivity contribution in [1.29, 1.82) is 0 Å². The van der Waals surface area contributed by atoms with Gasteiger partial charge in [-0.25, -0.2) is 9.59 Å². The molecule has 0 aliphatic heterocycles. The van der Waals surface area contributed by atoms with Gasteiger partial charge in [0.25, 0.3) is 0 Å². The maximum absolute atomic E-state index is 11.9. The molecule has 0 fully saturated rings. The second kappa shape index (κ2) is 8.76. The molecule has 110 valence electrons. The summed E-state index contributed by atoms with van der Waals surface area (Å²) in [6.45, 7) is 0. The van der Waals surface area contributed by atoms with E-state index in [2.05, 4.69) is 10.6 Å². The number of carbonyl (C=O) groups is 2. The van der Waals surface area contributed by atoms with Crippen molar-refractivity contribution < 1.29 is 14.7 Å². The van der Waals surface area contributed by atoms with Crippen LogP contribution in [0.3, 0.4) is 0 Å².